The van der Waals surface area contributed by atoms with Gasteiger partial charge >= 0.3 is 7.75 Å². The van der Waals surface area contributed by atoms with Gasteiger partial charge in [0.1, 0.15) is 5.84 Å². The molecule has 1 aromatic carbocycles. The second-order valence-electron chi connectivity index (χ2n) is 3.74. The van der Waals surface area contributed by atoms with Gasteiger partial charge in [0.25, 0.3) is 0 Å². The number of aliphatic imine (C=N–C) groups is 1. The molecule has 0 heterocycles. The maximum atomic E-state index is 12.7. The van der Waals surface area contributed by atoms with E-state index in [2.05, 4.69) is 4.99 Å². The normalized spacial score (nSPS) is 12.5. The quantitative estimate of drug-likeness (QED) is 0.457. The topological polar surface area (TPSA) is 51.1 Å². The van der Waals surface area contributed by atoms with Gasteiger partial charge in [0.15, 0.2) is 0 Å². The predicted molar refractivity (Wildman–Crippen MR) is 77.5 cm³/mol. The zero-order chi connectivity index (χ0) is 14.3. The lowest BCUT2D eigenvalue weighted by atomic mass is 10.2. The molecule has 19 heavy (non-hydrogen) atoms. The minimum Gasteiger partial charge on any atom is -0.292 e. The highest BCUT2D eigenvalue weighted by molar-refractivity contribution is 7.52. The molecule has 0 amide bonds. The lowest BCUT2D eigenvalue weighted by molar-refractivity contribution is 0.194. The molecule has 0 saturated heterocycles. The summed E-state index contributed by atoms with van der Waals surface area (Å²) in [5.74, 6) is 0.575. The van der Waals surface area contributed by atoms with Crippen LogP contribution in [0.25, 0.3) is 0 Å². The van der Waals surface area contributed by atoms with Crippen LogP contribution in [0.5, 0.6) is 0 Å². The lowest BCUT2D eigenvalue weighted by Gasteiger charge is -2.28. The van der Waals surface area contributed by atoms with Crippen molar-refractivity contribution in [2.45, 2.75) is 13.8 Å². The van der Waals surface area contributed by atoms with Crippen LogP contribution in [0.15, 0.2) is 35.3 Å². The number of amidine groups is 1. The van der Waals surface area contributed by atoms with Crippen LogP contribution in [0.1, 0.15) is 19.4 Å². The van der Waals surface area contributed by atoms with E-state index in [-0.39, 0.29) is 0 Å². The third kappa shape index (κ3) is 3.90. The first-order valence-electron chi connectivity index (χ1n) is 6.24. The molecule has 0 radical (unpaired) electrons. The molecule has 0 N–H and O–H groups in total. The minimum atomic E-state index is -3.35. The van der Waals surface area contributed by atoms with Gasteiger partial charge in [0.2, 0.25) is 0 Å². The van der Waals surface area contributed by atoms with Crippen molar-refractivity contribution in [3.63, 3.8) is 0 Å². The van der Waals surface area contributed by atoms with E-state index in [0.29, 0.717) is 19.0 Å². The van der Waals surface area contributed by atoms with E-state index in [1.807, 2.05) is 30.3 Å². The number of rotatable bonds is 6. The van der Waals surface area contributed by atoms with Gasteiger partial charge in [-0.25, -0.2) is 4.57 Å². The molecular formula is C13H21N2O3P. The number of nitrogens with zero attached hydrogens (tertiary/aromatic N) is 2. The summed E-state index contributed by atoms with van der Waals surface area (Å²) >= 11 is 0. The largest absolute Gasteiger partial charge is 0.436 e. The molecule has 0 saturated carbocycles. The molecule has 0 atom stereocenters. The van der Waals surface area contributed by atoms with Crippen LogP contribution in [-0.4, -0.2) is 37.8 Å². The highest BCUT2D eigenvalue weighted by Gasteiger charge is 2.32. The zero-order valence-electron chi connectivity index (χ0n) is 11.9. The second kappa shape index (κ2) is 7.43. The van der Waals surface area contributed by atoms with E-state index in [1.165, 1.54) is 4.67 Å². The Kier molecular flexibility index (Phi) is 6.22. The fraction of sp³-hybridized carbons (Fsp3) is 0.462. The van der Waals surface area contributed by atoms with Crippen molar-refractivity contribution in [1.82, 2.24) is 4.67 Å². The minimum absolute atomic E-state index is 0.313. The average Bonchev–Trinajstić information content (AvgIpc) is 2.41. The molecule has 0 fully saturated rings. The Balaban J connectivity index is 3.07. The van der Waals surface area contributed by atoms with Crippen molar-refractivity contribution in [3.8, 4) is 0 Å². The number of hydrogen-bond donors (Lipinski definition) is 0. The van der Waals surface area contributed by atoms with Crippen LogP contribution in [-0.2, 0) is 13.6 Å². The molecule has 0 aliphatic rings. The molecule has 0 bridgehead atoms. The van der Waals surface area contributed by atoms with Gasteiger partial charge in [-0.2, -0.15) is 0 Å². The van der Waals surface area contributed by atoms with E-state index in [1.54, 1.807) is 27.9 Å². The summed E-state index contributed by atoms with van der Waals surface area (Å²) in [6.07, 6.45) is 0. The van der Waals surface area contributed by atoms with Crippen LogP contribution in [0.4, 0.5) is 0 Å². The van der Waals surface area contributed by atoms with Gasteiger partial charge in [-0.15, -0.1) is 0 Å². The summed E-state index contributed by atoms with van der Waals surface area (Å²) in [6.45, 7) is 4.19. The van der Waals surface area contributed by atoms with Crippen molar-refractivity contribution in [3.05, 3.63) is 35.9 Å². The summed E-state index contributed by atoms with van der Waals surface area (Å²) in [4.78, 5) is 4.20. The molecule has 0 aromatic heterocycles. The summed E-state index contributed by atoms with van der Waals surface area (Å²) in [7, 11) is -0.0240. The predicted octanol–water partition coefficient (Wildman–Crippen LogP) is 3.18. The zero-order valence-corrected chi connectivity index (χ0v) is 12.8. The van der Waals surface area contributed by atoms with E-state index in [4.69, 9.17) is 9.05 Å². The lowest BCUT2D eigenvalue weighted by Crippen LogP contribution is -2.27. The van der Waals surface area contributed by atoms with Crippen LogP contribution in [0.2, 0.25) is 0 Å². The SMILES string of the molecule is CCOP(=O)(OCC)N(C)C(=NC)c1ccccc1. The Morgan fingerprint density at radius 1 is 1.21 bits per heavy atom. The average molecular weight is 284 g/mol. The molecule has 0 spiro atoms. The van der Waals surface area contributed by atoms with Gasteiger partial charge in [-0.3, -0.25) is 18.7 Å². The van der Waals surface area contributed by atoms with E-state index in [0.717, 1.165) is 5.56 Å². The summed E-state index contributed by atoms with van der Waals surface area (Å²) in [6, 6.07) is 9.53. The first kappa shape index (κ1) is 15.9. The van der Waals surface area contributed by atoms with Gasteiger partial charge < -0.3 is 0 Å². The van der Waals surface area contributed by atoms with E-state index in [9.17, 15) is 4.57 Å². The fourth-order valence-electron chi connectivity index (χ4n) is 1.70. The van der Waals surface area contributed by atoms with Crippen molar-refractivity contribution in [1.29, 1.82) is 0 Å². The Morgan fingerprint density at radius 2 is 1.74 bits per heavy atom. The first-order chi connectivity index (χ1) is 9.09. The molecule has 1 aromatic rings. The van der Waals surface area contributed by atoms with E-state index < -0.39 is 7.75 Å². The van der Waals surface area contributed by atoms with Crippen molar-refractivity contribution in [2.75, 3.05) is 27.3 Å². The Hall–Kier alpha value is -1.16. The van der Waals surface area contributed by atoms with Crippen LogP contribution < -0.4 is 0 Å². The van der Waals surface area contributed by atoms with Crippen LogP contribution in [0.3, 0.4) is 0 Å². The van der Waals surface area contributed by atoms with E-state index >= 15 is 0 Å². The molecule has 106 valence electrons. The molecule has 5 nitrogen and oxygen atoms in total. The highest BCUT2D eigenvalue weighted by atomic mass is 31.2. The van der Waals surface area contributed by atoms with Crippen molar-refractivity contribution >= 4 is 13.6 Å². The molecule has 0 aliphatic carbocycles. The van der Waals surface area contributed by atoms with Gasteiger partial charge in [0, 0.05) is 19.7 Å². The Bertz CT molecular complexity index is 452. The maximum absolute atomic E-state index is 12.7. The molecule has 0 unspecified atom stereocenters. The number of hydrogen-bond acceptors (Lipinski definition) is 4. The number of benzene rings is 1. The monoisotopic (exact) mass is 284 g/mol. The third-order valence-corrected chi connectivity index (χ3v) is 4.60. The molecule has 1 rings (SSSR count). The Morgan fingerprint density at radius 3 is 2.16 bits per heavy atom. The third-order valence-electron chi connectivity index (χ3n) is 2.50. The maximum Gasteiger partial charge on any atom is 0.436 e. The summed E-state index contributed by atoms with van der Waals surface area (Å²) < 4.78 is 24.8. The molecular weight excluding hydrogens is 263 g/mol. The summed E-state index contributed by atoms with van der Waals surface area (Å²) in [5.41, 5.74) is 0.868. The van der Waals surface area contributed by atoms with Crippen LogP contribution in [0, 0.1) is 0 Å². The standard InChI is InChI=1S/C13H21N2O3P/c1-5-17-19(16,18-6-2)15(4)13(14-3)12-10-8-7-9-11-12/h7-11H,5-6H2,1-4H3. The smallest absolute Gasteiger partial charge is 0.292 e. The highest BCUT2D eigenvalue weighted by Crippen LogP contribution is 2.51. The molecule has 6 heteroatoms. The van der Waals surface area contributed by atoms with Gasteiger partial charge in [-0.1, -0.05) is 30.3 Å². The van der Waals surface area contributed by atoms with Gasteiger partial charge in [0.05, 0.1) is 13.2 Å². The fourth-order valence-corrected chi connectivity index (χ4v) is 3.21. The van der Waals surface area contributed by atoms with Crippen molar-refractivity contribution in [2.24, 2.45) is 4.99 Å². The first-order valence-corrected chi connectivity index (χ1v) is 7.74. The second-order valence-corrected chi connectivity index (χ2v) is 5.79. The molecule has 0 aliphatic heterocycles. The van der Waals surface area contributed by atoms with Crippen LogP contribution >= 0.6 is 7.75 Å². The van der Waals surface area contributed by atoms with Gasteiger partial charge in [-0.05, 0) is 13.8 Å². The summed E-state index contributed by atoms with van der Waals surface area (Å²) in [5, 5.41) is 0. The Labute approximate surface area is 114 Å². The van der Waals surface area contributed by atoms with Crippen molar-refractivity contribution < 1.29 is 13.6 Å².